The van der Waals surface area contributed by atoms with Crippen molar-refractivity contribution in [2.75, 3.05) is 25.9 Å². The number of nitrogens with zero attached hydrogens (tertiary/aromatic N) is 3. The first-order chi connectivity index (χ1) is 12.9. The molecule has 3 aromatic rings. The van der Waals surface area contributed by atoms with Crippen LogP contribution in [0, 0.1) is 13.8 Å². The van der Waals surface area contributed by atoms with Gasteiger partial charge in [-0.25, -0.2) is 9.97 Å². The average Bonchev–Trinajstić information content (AvgIpc) is 2.98. The summed E-state index contributed by atoms with van der Waals surface area (Å²) < 4.78 is 5.84. The number of nitrogen functional groups attached to an aromatic ring is 1. The molecule has 1 atom stereocenters. The first kappa shape index (κ1) is 18.0. The number of H-pyrrole nitrogens is 1. The van der Waals surface area contributed by atoms with Crippen LogP contribution in [0.1, 0.15) is 47.0 Å². The van der Waals surface area contributed by atoms with E-state index in [9.17, 15) is 0 Å². The fraction of sp³-hybridized carbons (Fsp3) is 0.421. The highest BCUT2D eigenvalue weighted by Gasteiger charge is 2.30. The zero-order valence-corrected chi connectivity index (χ0v) is 16.6. The summed E-state index contributed by atoms with van der Waals surface area (Å²) >= 11 is 6.58. The van der Waals surface area contributed by atoms with Gasteiger partial charge in [-0.1, -0.05) is 18.5 Å². The summed E-state index contributed by atoms with van der Waals surface area (Å²) in [4.78, 5) is 9.17. The summed E-state index contributed by atoms with van der Waals surface area (Å²) in [5.74, 6) is 2.13. The van der Waals surface area contributed by atoms with Crippen LogP contribution in [0.5, 0.6) is 5.75 Å². The fourth-order valence-corrected chi connectivity index (χ4v) is 3.97. The van der Waals surface area contributed by atoms with Gasteiger partial charge in [-0.3, -0.25) is 5.10 Å². The number of aromatic nitrogens is 4. The lowest BCUT2D eigenvalue weighted by Crippen LogP contribution is -2.40. The third-order valence-corrected chi connectivity index (χ3v) is 5.83. The highest BCUT2D eigenvalue weighted by atomic mass is 35.5. The van der Waals surface area contributed by atoms with Crippen LogP contribution < -0.4 is 15.8 Å². The van der Waals surface area contributed by atoms with Gasteiger partial charge in [0.05, 0.1) is 12.5 Å². The molecule has 8 heteroatoms. The van der Waals surface area contributed by atoms with Crippen LogP contribution in [-0.4, -0.2) is 40.4 Å². The molecule has 1 fully saturated rings. The van der Waals surface area contributed by atoms with E-state index in [4.69, 9.17) is 22.1 Å². The molecule has 0 bridgehead atoms. The number of aryl methyl sites for hydroxylation is 1. The molecule has 1 saturated heterocycles. The highest BCUT2D eigenvalue weighted by Crippen LogP contribution is 2.42. The van der Waals surface area contributed by atoms with Crippen molar-refractivity contribution in [3.05, 3.63) is 39.3 Å². The van der Waals surface area contributed by atoms with E-state index in [-0.39, 0.29) is 5.92 Å². The van der Waals surface area contributed by atoms with Crippen molar-refractivity contribution in [3.63, 3.8) is 0 Å². The molecule has 2 aromatic heterocycles. The van der Waals surface area contributed by atoms with E-state index >= 15 is 0 Å². The minimum atomic E-state index is -0.145. The molecule has 0 radical (unpaired) electrons. The fourth-order valence-electron chi connectivity index (χ4n) is 3.75. The maximum atomic E-state index is 6.58. The van der Waals surface area contributed by atoms with Crippen LogP contribution in [-0.2, 0) is 0 Å². The number of hydrogen-bond donors (Lipinski definition) is 3. The number of fused-ring (bicyclic) bond motifs is 1. The molecule has 0 aliphatic carbocycles. The lowest BCUT2D eigenvalue weighted by Gasteiger charge is -2.32. The van der Waals surface area contributed by atoms with E-state index in [0.29, 0.717) is 23.2 Å². The number of nitrogens with two attached hydrogens (primary N) is 1. The summed E-state index contributed by atoms with van der Waals surface area (Å²) in [7, 11) is 1.70. The van der Waals surface area contributed by atoms with Crippen molar-refractivity contribution in [2.45, 2.75) is 32.6 Å². The van der Waals surface area contributed by atoms with Gasteiger partial charge in [-0.2, -0.15) is 5.10 Å². The second kappa shape index (κ2) is 6.65. The molecule has 0 amide bonds. The Hall–Kier alpha value is -2.38. The zero-order valence-electron chi connectivity index (χ0n) is 15.9. The third-order valence-electron chi connectivity index (χ3n) is 5.44. The molecule has 1 unspecified atom stereocenters. The Bertz CT molecular complexity index is 1030. The van der Waals surface area contributed by atoms with E-state index in [1.165, 1.54) is 0 Å². The highest BCUT2D eigenvalue weighted by molar-refractivity contribution is 6.31. The lowest BCUT2D eigenvalue weighted by atomic mass is 9.85. The molecular weight excluding hydrogens is 364 g/mol. The Morgan fingerprint density at radius 3 is 2.67 bits per heavy atom. The summed E-state index contributed by atoms with van der Waals surface area (Å²) in [6, 6.07) is 1.95. The van der Waals surface area contributed by atoms with Gasteiger partial charge < -0.3 is 15.8 Å². The molecule has 142 valence electrons. The molecule has 3 heterocycles. The number of hydrogen-bond acceptors (Lipinski definition) is 6. The maximum Gasteiger partial charge on any atom is 0.186 e. The normalized spacial score (nSPS) is 15.7. The van der Waals surface area contributed by atoms with Gasteiger partial charge in [0, 0.05) is 46.8 Å². The van der Waals surface area contributed by atoms with Crippen LogP contribution in [0.3, 0.4) is 0 Å². The number of nitrogens with one attached hydrogen (secondary N) is 2. The summed E-state index contributed by atoms with van der Waals surface area (Å²) in [6.45, 7) is 7.83. The van der Waals surface area contributed by atoms with Gasteiger partial charge >= 0.3 is 0 Å². The van der Waals surface area contributed by atoms with Crippen LogP contribution in [0.25, 0.3) is 11.0 Å². The van der Waals surface area contributed by atoms with Crippen LogP contribution in [0.15, 0.2) is 6.07 Å². The quantitative estimate of drug-likeness (QED) is 0.637. The predicted octanol–water partition coefficient (Wildman–Crippen LogP) is 3.05. The minimum Gasteiger partial charge on any atom is -0.496 e. The number of anilines is 1. The minimum absolute atomic E-state index is 0.145. The van der Waals surface area contributed by atoms with Crippen LogP contribution in [0.2, 0.25) is 5.02 Å². The lowest BCUT2D eigenvalue weighted by molar-refractivity contribution is 0.379. The number of methoxy groups -OCH3 is 1. The van der Waals surface area contributed by atoms with Crippen molar-refractivity contribution in [3.8, 4) is 5.75 Å². The van der Waals surface area contributed by atoms with Crippen LogP contribution in [0.4, 0.5) is 5.82 Å². The first-order valence-electron chi connectivity index (χ1n) is 8.98. The SMILES string of the molecule is COc1c(C(C)c2nc(N)c3c(C)[nH]nc3n2)cc(Cl)c(C)c1C1CNC1. The smallest absolute Gasteiger partial charge is 0.186 e. The van der Waals surface area contributed by atoms with Gasteiger partial charge in [0.15, 0.2) is 5.65 Å². The monoisotopic (exact) mass is 386 g/mol. The first-order valence-corrected chi connectivity index (χ1v) is 9.35. The van der Waals surface area contributed by atoms with Crippen molar-refractivity contribution < 1.29 is 4.74 Å². The summed E-state index contributed by atoms with van der Waals surface area (Å²) in [6.07, 6.45) is 0. The van der Waals surface area contributed by atoms with Crippen molar-refractivity contribution in [1.82, 2.24) is 25.5 Å². The topological polar surface area (TPSA) is 102 Å². The summed E-state index contributed by atoms with van der Waals surface area (Å²) in [5.41, 5.74) is 10.8. The molecule has 4 rings (SSSR count). The zero-order chi connectivity index (χ0) is 19.3. The van der Waals surface area contributed by atoms with E-state index < -0.39 is 0 Å². The maximum absolute atomic E-state index is 6.58. The van der Waals surface area contributed by atoms with Gasteiger partial charge in [-0.15, -0.1) is 0 Å². The Balaban J connectivity index is 1.86. The van der Waals surface area contributed by atoms with Crippen LogP contribution >= 0.6 is 11.6 Å². The number of halogens is 1. The average molecular weight is 387 g/mol. The van der Waals surface area contributed by atoms with Gasteiger partial charge in [-0.05, 0) is 25.5 Å². The molecule has 0 saturated carbocycles. The van der Waals surface area contributed by atoms with E-state index in [1.807, 2.05) is 26.8 Å². The van der Waals surface area contributed by atoms with E-state index in [0.717, 1.165) is 51.6 Å². The third kappa shape index (κ3) is 2.82. The van der Waals surface area contributed by atoms with Crippen molar-refractivity contribution >= 4 is 28.5 Å². The van der Waals surface area contributed by atoms with Crippen molar-refractivity contribution in [2.24, 2.45) is 0 Å². The molecule has 1 aliphatic rings. The van der Waals surface area contributed by atoms with Gasteiger partial charge in [0.25, 0.3) is 0 Å². The Kier molecular flexibility index (Phi) is 4.44. The summed E-state index contributed by atoms with van der Waals surface area (Å²) in [5, 5.41) is 12.0. The molecular formula is C19H23ClN6O. The largest absolute Gasteiger partial charge is 0.496 e. The molecule has 4 N–H and O–H groups in total. The molecule has 27 heavy (non-hydrogen) atoms. The van der Waals surface area contributed by atoms with E-state index in [2.05, 4.69) is 25.5 Å². The Labute approximate surface area is 162 Å². The van der Waals surface area contributed by atoms with Gasteiger partial charge in [0.1, 0.15) is 17.4 Å². The molecule has 1 aliphatic heterocycles. The molecule has 1 aromatic carbocycles. The second-order valence-electron chi connectivity index (χ2n) is 7.11. The van der Waals surface area contributed by atoms with Crippen molar-refractivity contribution in [1.29, 1.82) is 0 Å². The number of benzene rings is 1. The molecule has 0 spiro atoms. The van der Waals surface area contributed by atoms with Gasteiger partial charge in [0.2, 0.25) is 0 Å². The number of ether oxygens (including phenoxy) is 1. The Morgan fingerprint density at radius 2 is 2.04 bits per heavy atom. The standard InChI is InChI=1S/C19H23ClN6O/c1-8(18-23-17(21)15-10(3)25-26-19(15)24-18)12-5-13(20)9(2)14(16(12)27-4)11-6-22-7-11/h5,8,11,22H,6-7H2,1-4H3,(H3,21,23,24,25,26). The second-order valence-corrected chi connectivity index (χ2v) is 7.52. The number of rotatable bonds is 4. The number of aromatic amines is 1. The van der Waals surface area contributed by atoms with E-state index in [1.54, 1.807) is 7.11 Å². The predicted molar refractivity (Wildman–Crippen MR) is 107 cm³/mol. The molecule has 7 nitrogen and oxygen atoms in total. The Morgan fingerprint density at radius 1 is 1.30 bits per heavy atom.